The van der Waals surface area contributed by atoms with Gasteiger partial charge in [0, 0.05) is 18.4 Å². The van der Waals surface area contributed by atoms with E-state index in [2.05, 4.69) is 20.3 Å². The van der Waals surface area contributed by atoms with Crippen LogP contribution >= 0.6 is 0 Å². The van der Waals surface area contributed by atoms with E-state index in [-0.39, 0.29) is 34.8 Å². The Balaban J connectivity index is 1.94. The normalized spacial score (nSPS) is 22.3. The Kier molecular flexibility index (Phi) is 3.97. The van der Waals surface area contributed by atoms with Crippen molar-refractivity contribution in [3.05, 3.63) is 18.0 Å². The van der Waals surface area contributed by atoms with Crippen LogP contribution in [0.4, 0.5) is 24.9 Å². The van der Waals surface area contributed by atoms with Gasteiger partial charge >= 0.3 is 6.18 Å². The molecule has 2 heterocycles. The molecule has 0 saturated heterocycles. The molecule has 3 rings (SSSR count). The second kappa shape index (κ2) is 5.80. The van der Waals surface area contributed by atoms with E-state index in [0.29, 0.717) is 31.9 Å². The summed E-state index contributed by atoms with van der Waals surface area (Å²) in [5, 5.41) is 12.6. The van der Waals surface area contributed by atoms with Crippen LogP contribution in [0.2, 0.25) is 0 Å². The van der Waals surface area contributed by atoms with Crippen molar-refractivity contribution in [1.29, 1.82) is 0 Å². The molecule has 0 atom stereocenters. The van der Waals surface area contributed by atoms with Crippen molar-refractivity contribution < 1.29 is 18.3 Å². The van der Waals surface area contributed by atoms with Crippen LogP contribution in [0.15, 0.2) is 12.4 Å². The number of aliphatic hydroxyl groups is 1. The van der Waals surface area contributed by atoms with Gasteiger partial charge in [-0.2, -0.15) is 13.2 Å². The highest BCUT2D eigenvalue weighted by atomic mass is 19.4. The van der Waals surface area contributed by atoms with Gasteiger partial charge in [0.05, 0.1) is 17.0 Å². The van der Waals surface area contributed by atoms with Gasteiger partial charge < -0.3 is 16.2 Å². The molecule has 0 unspecified atom stereocenters. The molecule has 23 heavy (non-hydrogen) atoms. The summed E-state index contributed by atoms with van der Waals surface area (Å²) in [4.78, 5) is 11.6. The van der Waals surface area contributed by atoms with Gasteiger partial charge in [-0.25, -0.2) is 15.0 Å². The number of hydrogen-bond donors (Lipinski definition) is 3. The zero-order valence-corrected chi connectivity index (χ0v) is 12.1. The van der Waals surface area contributed by atoms with Crippen LogP contribution in [0.3, 0.4) is 0 Å². The predicted octanol–water partition coefficient (Wildman–Crippen LogP) is 2.34. The smallest absolute Gasteiger partial charge is 0.393 e. The number of pyridine rings is 1. The van der Waals surface area contributed by atoms with Crippen LogP contribution in [0.5, 0.6) is 0 Å². The minimum Gasteiger partial charge on any atom is -0.393 e. The van der Waals surface area contributed by atoms with Gasteiger partial charge in [0.15, 0.2) is 0 Å². The number of halogens is 3. The number of alkyl halides is 3. The Morgan fingerprint density at radius 1 is 1.13 bits per heavy atom. The number of nitrogens with one attached hydrogen (secondary N) is 1. The zero-order valence-electron chi connectivity index (χ0n) is 12.1. The summed E-state index contributed by atoms with van der Waals surface area (Å²) in [6.45, 7) is 0. The van der Waals surface area contributed by atoms with Gasteiger partial charge in [0.25, 0.3) is 0 Å². The van der Waals surface area contributed by atoms with E-state index in [9.17, 15) is 18.3 Å². The highest BCUT2D eigenvalue weighted by Gasteiger charge is 2.34. The monoisotopic (exact) mass is 327 g/mol. The number of hydrogen-bond acceptors (Lipinski definition) is 6. The van der Waals surface area contributed by atoms with Crippen LogP contribution in [0, 0.1) is 0 Å². The number of aromatic nitrogens is 3. The second-order valence-corrected chi connectivity index (χ2v) is 5.66. The lowest BCUT2D eigenvalue weighted by Gasteiger charge is -2.26. The lowest BCUT2D eigenvalue weighted by Crippen LogP contribution is -2.29. The van der Waals surface area contributed by atoms with Crippen molar-refractivity contribution in [2.75, 3.05) is 11.1 Å². The van der Waals surface area contributed by atoms with Crippen molar-refractivity contribution in [2.45, 2.75) is 44.0 Å². The highest BCUT2D eigenvalue weighted by molar-refractivity contribution is 5.90. The molecule has 0 aliphatic heterocycles. The van der Waals surface area contributed by atoms with Crippen molar-refractivity contribution >= 4 is 22.7 Å². The number of rotatable bonds is 2. The molecular weight excluding hydrogens is 311 g/mol. The number of aliphatic hydroxyl groups excluding tert-OH is 1. The molecule has 1 aliphatic carbocycles. The van der Waals surface area contributed by atoms with E-state index in [1.165, 1.54) is 6.20 Å². The molecule has 0 radical (unpaired) electrons. The third-order valence-corrected chi connectivity index (χ3v) is 3.99. The first-order valence-corrected chi connectivity index (χ1v) is 7.27. The maximum atomic E-state index is 13.1. The molecule has 9 heteroatoms. The first kappa shape index (κ1) is 15.7. The largest absolute Gasteiger partial charge is 0.419 e. The van der Waals surface area contributed by atoms with E-state index in [4.69, 9.17) is 5.73 Å². The molecule has 2 aromatic heterocycles. The van der Waals surface area contributed by atoms with Crippen LogP contribution in [-0.4, -0.2) is 32.2 Å². The van der Waals surface area contributed by atoms with E-state index in [0.717, 1.165) is 0 Å². The molecule has 1 aliphatic rings. The summed E-state index contributed by atoms with van der Waals surface area (Å²) >= 11 is 0. The summed E-state index contributed by atoms with van der Waals surface area (Å²) < 4.78 is 39.3. The van der Waals surface area contributed by atoms with Crippen LogP contribution in [-0.2, 0) is 6.18 Å². The van der Waals surface area contributed by atoms with E-state index >= 15 is 0 Å². The maximum Gasteiger partial charge on any atom is 0.419 e. The van der Waals surface area contributed by atoms with Crippen LogP contribution in [0.1, 0.15) is 31.2 Å². The van der Waals surface area contributed by atoms with Crippen LogP contribution in [0.25, 0.3) is 10.9 Å². The molecule has 0 bridgehead atoms. The Bertz CT molecular complexity index is 713. The number of nitrogens with two attached hydrogens (primary N) is 1. The second-order valence-electron chi connectivity index (χ2n) is 5.66. The average Bonchev–Trinajstić information content (AvgIpc) is 2.48. The third kappa shape index (κ3) is 3.29. The molecule has 6 nitrogen and oxygen atoms in total. The zero-order chi connectivity index (χ0) is 16.6. The van der Waals surface area contributed by atoms with Gasteiger partial charge in [0.2, 0.25) is 5.95 Å². The average molecular weight is 327 g/mol. The standard InChI is InChI=1S/C14H16F3N5O/c15-14(16,17)10-6-19-12(18)9-5-20-13(22-11(9)10)21-7-1-3-8(23)4-2-7/h5-8,23H,1-4H2,(H2,18,19)(H,20,21,22)/t7-,8+. The molecule has 2 aromatic rings. The number of nitrogen functional groups attached to an aromatic ring is 1. The summed E-state index contributed by atoms with van der Waals surface area (Å²) in [5.41, 5.74) is 4.41. The molecule has 0 aromatic carbocycles. The quantitative estimate of drug-likeness (QED) is 0.783. The minimum atomic E-state index is -4.57. The van der Waals surface area contributed by atoms with Gasteiger partial charge in [-0.1, -0.05) is 0 Å². The SMILES string of the molecule is Nc1ncc(C(F)(F)F)c2nc(N[C@H]3CC[C@@H](O)CC3)ncc12. The Hall–Kier alpha value is -2.16. The summed E-state index contributed by atoms with van der Waals surface area (Å²) in [6.07, 6.45) is -0.218. The molecular formula is C14H16F3N5O. The Labute approximate surface area is 130 Å². The highest BCUT2D eigenvalue weighted by Crippen LogP contribution is 2.35. The molecule has 1 saturated carbocycles. The van der Waals surface area contributed by atoms with E-state index in [1.807, 2.05) is 0 Å². The van der Waals surface area contributed by atoms with Gasteiger partial charge in [-0.3, -0.25) is 0 Å². The topological polar surface area (TPSA) is 97.0 Å². The fraction of sp³-hybridized carbons (Fsp3) is 0.500. The summed E-state index contributed by atoms with van der Waals surface area (Å²) in [6, 6.07) is 0.0318. The fourth-order valence-electron chi connectivity index (χ4n) is 2.72. The predicted molar refractivity (Wildman–Crippen MR) is 78.6 cm³/mol. The van der Waals surface area contributed by atoms with E-state index < -0.39 is 11.7 Å². The fourth-order valence-corrected chi connectivity index (χ4v) is 2.72. The first-order chi connectivity index (χ1) is 10.8. The number of anilines is 2. The summed E-state index contributed by atoms with van der Waals surface area (Å²) in [7, 11) is 0. The minimum absolute atomic E-state index is 0.0318. The van der Waals surface area contributed by atoms with Crippen molar-refractivity contribution in [3.8, 4) is 0 Å². The molecule has 124 valence electrons. The molecule has 0 amide bonds. The molecule has 0 spiro atoms. The number of fused-ring (bicyclic) bond motifs is 1. The van der Waals surface area contributed by atoms with Crippen molar-refractivity contribution in [1.82, 2.24) is 15.0 Å². The lowest BCUT2D eigenvalue weighted by atomic mass is 9.93. The molecule has 4 N–H and O–H groups in total. The summed E-state index contributed by atoms with van der Waals surface area (Å²) in [5.74, 6) is 0.0790. The lowest BCUT2D eigenvalue weighted by molar-refractivity contribution is -0.136. The van der Waals surface area contributed by atoms with Gasteiger partial charge in [-0.15, -0.1) is 0 Å². The Morgan fingerprint density at radius 2 is 1.83 bits per heavy atom. The third-order valence-electron chi connectivity index (χ3n) is 3.99. The Morgan fingerprint density at radius 3 is 2.48 bits per heavy atom. The van der Waals surface area contributed by atoms with Crippen molar-refractivity contribution in [2.24, 2.45) is 0 Å². The number of nitrogens with zero attached hydrogens (tertiary/aromatic N) is 3. The van der Waals surface area contributed by atoms with Crippen LogP contribution < -0.4 is 11.1 Å². The van der Waals surface area contributed by atoms with Gasteiger partial charge in [0.1, 0.15) is 11.4 Å². The molecule has 1 fully saturated rings. The van der Waals surface area contributed by atoms with Crippen molar-refractivity contribution in [3.63, 3.8) is 0 Å². The van der Waals surface area contributed by atoms with E-state index in [1.54, 1.807) is 0 Å². The maximum absolute atomic E-state index is 13.1. The van der Waals surface area contributed by atoms with Gasteiger partial charge in [-0.05, 0) is 25.7 Å². The first-order valence-electron chi connectivity index (χ1n) is 7.27.